The minimum atomic E-state index is -0.356. The molecule has 2 aliphatic heterocycles. The van der Waals surface area contributed by atoms with E-state index in [0.29, 0.717) is 42.4 Å². The van der Waals surface area contributed by atoms with Crippen molar-refractivity contribution in [2.75, 3.05) is 6.54 Å². The number of fused-ring (bicyclic) bond motifs is 1. The number of hydrogen-bond acceptors (Lipinski definition) is 5. The van der Waals surface area contributed by atoms with E-state index in [2.05, 4.69) is 37.0 Å². The van der Waals surface area contributed by atoms with Gasteiger partial charge in [-0.15, -0.1) is 12.8 Å². The number of nitrogens with one attached hydrogen (secondary N) is 1. The zero-order valence-electron chi connectivity index (χ0n) is 20.6. The van der Waals surface area contributed by atoms with Gasteiger partial charge in [-0.3, -0.25) is 14.5 Å². The number of rotatable bonds is 6. The number of nitrogens with zero attached hydrogens (tertiary/aromatic N) is 2. The molecule has 1 aromatic carbocycles. The smallest absolute Gasteiger partial charge is 0.231 e. The minimum absolute atomic E-state index is 0.156. The van der Waals surface area contributed by atoms with Crippen LogP contribution in [-0.2, 0) is 9.59 Å². The Morgan fingerprint density at radius 3 is 2.47 bits per heavy atom. The first-order valence-corrected chi connectivity index (χ1v) is 11.8. The lowest BCUT2D eigenvalue weighted by Crippen LogP contribution is -2.51. The average molecular weight is 473 g/mol. The number of aliphatic imine (C=N–C) groups is 1. The first-order chi connectivity index (χ1) is 16.1. The van der Waals surface area contributed by atoms with Crippen molar-refractivity contribution in [2.24, 2.45) is 16.6 Å². The van der Waals surface area contributed by atoms with Crippen molar-refractivity contribution in [3.05, 3.63) is 29.6 Å². The van der Waals surface area contributed by atoms with Gasteiger partial charge in [0.25, 0.3) is 0 Å². The van der Waals surface area contributed by atoms with Crippen molar-refractivity contribution in [3.63, 3.8) is 0 Å². The summed E-state index contributed by atoms with van der Waals surface area (Å²) >= 11 is 0. The summed E-state index contributed by atoms with van der Waals surface area (Å²) in [5.74, 6) is 1.57. The normalized spacial score (nSPS) is 21.9. The standard InChI is InChI=1S/C12H14FNO2.C12H21N3O.C2H2/c1-12(2)6-10(14-7-15)9-5-8(13)3-4-11(9)16-12;1-3-12(4-2)7-10(16)15(11(13)14-12)8-9-5-6-9;1-2/h3-5,7,10H,6H2,1-2H3,(H,14,15);9H,3-8H2,1-2H3,(H2,13,14);1-2H. The van der Waals surface area contributed by atoms with E-state index in [1.807, 2.05) is 13.8 Å². The van der Waals surface area contributed by atoms with Crippen LogP contribution in [0.1, 0.15) is 77.8 Å². The number of halogens is 1. The molecule has 2 heterocycles. The van der Waals surface area contributed by atoms with E-state index in [1.54, 1.807) is 11.0 Å². The quantitative estimate of drug-likeness (QED) is 0.484. The van der Waals surface area contributed by atoms with Gasteiger partial charge in [0.05, 0.1) is 18.0 Å². The van der Waals surface area contributed by atoms with Gasteiger partial charge in [-0.1, -0.05) is 13.8 Å². The number of ether oxygens (including phenoxy) is 1. The molecule has 3 aliphatic rings. The van der Waals surface area contributed by atoms with Gasteiger partial charge >= 0.3 is 0 Å². The number of benzene rings is 1. The molecule has 1 saturated carbocycles. The van der Waals surface area contributed by atoms with Crippen LogP contribution >= 0.6 is 0 Å². The SMILES string of the molecule is C#C.CC1(C)CC(NC=O)c2cc(F)ccc2O1.CCC1(CC)CC(=O)N(CC2CC2)C(N)=N1. The zero-order valence-corrected chi connectivity index (χ0v) is 20.6. The fourth-order valence-electron chi connectivity index (χ4n) is 4.32. The molecule has 1 atom stereocenters. The molecule has 1 fully saturated rings. The van der Waals surface area contributed by atoms with E-state index < -0.39 is 0 Å². The van der Waals surface area contributed by atoms with Crippen LogP contribution in [0, 0.1) is 24.6 Å². The second-order valence-corrected chi connectivity index (χ2v) is 9.61. The highest BCUT2D eigenvalue weighted by Gasteiger charge is 2.39. The van der Waals surface area contributed by atoms with Crippen molar-refractivity contribution in [3.8, 4) is 18.6 Å². The molecule has 0 aromatic heterocycles. The van der Waals surface area contributed by atoms with Gasteiger partial charge in [0.2, 0.25) is 12.3 Å². The second-order valence-electron chi connectivity index (χ2n) is 9.61. The molecular weight excluding hydrogens is 435 g/mol. The van der Waals surface area contributed by atoms with Crippen molar-refractivity contribution in [1.29, 1.82) is 0 Å². The molecular formula is C26H37FN4O3. The summed E-state index contributed by atoms with van der Waals surface area (Å²) in [5.41, 5.74) is 6.04. The first kappa shape index (κ1) is 27.2. The molecule has 1 aliphatic carbocycles. The third-order valence-corrected chi connectivity index (χ3v) is 6.56. The van der Waals surface area contributed by atoms with Crippen molar-refractivity contribution < 1.29 is 18.7 Å². The first-order valence-electron chi connectivity index (χ1n) is 11.8. The van der Waals surface area contributed by atoms with Crippen molar-refractivity contribution in [1.82, 2.24) is 10.2 Å². The monoisotopic (exact) mass is 472 g/mol. The molecule has 3 N–H and O–H groups in total. The predicted molar refractivity (Wildman–Crippen MR) is 132 cm³/mol. The van der Waals surface area contributed by atoms with Crippen LogP contribution in [0.3, 0.4) is 0 Å². The largest absolute Gasteiger partial charge is 0.487 e. The van der Waals surface area contributed by atoms with Crippen molar-refractivity contribution >= 4 is 18.3 Å². The summed E-state index contributed by atoms with van der Waals surface area (Å²) in [5, 5.41) is 2.70. The molecule has 0 radical (unpaired) electrons. The fourth-order valence-corrected chi connectivity index (χ4v) is 4.32. The van der Waals surface area contributed by atoms with E-state index in [9.17, 15) is 14.0 Å². The van der Waals surface area contributed by atoms with E-state index in [0.717, 1.165) is 19.4 Å². The van der Waals surface area contributed by atoms with Gasteiger partial charge in [0, 0.05) is 18.5 Å². The lowest BCUT2D eigenvalue weighted by Gasteiger charge is -2.37. The molecule has 7 nitrogen and oxygen atoms in total. The Kier molecular flexibility index (Phi) is 9.08. The number of nitrogens with two attached hydrogens (primary N) is 1. The third kappa shape index (κ3) is 6.72. The van der Waals surface area contributed by atoms with Gasteiger partial charge in [-0.25, -0.2) is 9.38 Å². The van der Waals surface area contributed by atoms with Crippen LogP contribution in [0.15, 0.2) is 23.2 Å². The molecule has 4 rings (SSSR count). The molecule has 34 heavy (non-hydrogen) atoms. The highest BCUT2D eigenvalue weighted by atomic mass is 19.1. The minimum Gasteiger partial charge on any atom is -0.487 e. The molecule has 8 heteroatoms. The zero-order chi connectivity index (χ0) is 25.5. The van der Waals surface area contributed by atoms with E-state index in [-0.39, 0.29) is 28.9 Å². The Morgan fingerprint density at radius 1 is 1.29 bits per heavy atom. The molecule has 0 bridgehead atoms. The summed E-state index contributed by atoms with van der Waals surface area (Å²) in [4.78, 5) is 28.8. The number of carbonyl (C=O) groups excluding carboxylic acids is 2. The highest BCUT2D eigenvalue weighted by molar-refractivity contribution is 5.99. The fraction of sp³-hybridized carbons (Fsp3) is 0.577. The Labute approximate surface area is 202 Å². The lowest BCUT2D eigenvalue weighted by atomic mass is 9.88. The number of carbonyl (C=O) groups is 2. The highest BCUT2D eigenvalue weighted by Crippen LogP contribution is 2.39. The van der Waals surface area contributed by atoms with Crippen LogP contribution in [0.5, 0.6) is 5.75 Å². The number of hydrogen-bond donors (Lipinski definition) is 2. The maximum atomic E-state index is 13.1. The third-order valence-electron chi connectivity index (χ3n) is 6.56. The maximum Gasteiger partial charge on any atom is 0.231 e. The van der Waals surface area contributed by atoms with Gasteiger partial charge in [-0.05, 0) is 63.6 Å². The average Bonchev–Trinajstić information content (AvgIpc) is 3.62. The summed E-state index contributed by atoms with van der Waals surface area (Å²) in [6.45, 7) is 8.81. The molecule has 1 unspecified atom stereocenters. The van der Waals surface area contributed by atoms with Crippen molar-refractivity contribution in [2.45, 2.75) is 83.4 Å². The molecule has 0 spiro atoms. The summed E-state index contributed by atoms with van der Waals surface area (Å²) in [6, 6.07) is 4.18. The Bertz CT molecular complexity index is 920. The van der Waals surface area contributed by atoms with Gasteiger partial charge in [0.15, 0.2) is 5.96 Å². The molecule has 1 aromatic rings. The van der Waals surface area contributed by atoms with E-state index in [4.69, 9.17) is 10.5 Å². The summed E-state index contributed by atoms with van der Waals surface area (Å²) in [7, 11) is 0. The van der Waals surface area contributed by atoms with Crippen LogP contribution in [0.4, 0.5) is 4.39 Å². The van der Waals surface area contributed by atoms with Gasteiger partial charge in [0.1, 0.15) is 17.2 Å². The Hall–Kier alpha value is -3.08. The predicted octanol–water partition coefficient (Wildman–Crippen LogP) is 3.93. The Balaban J connectivity index is 0.000000224. The van der Waals surface area contributed by atoms with Crippen LogP contribution in [0.25, 0.3) is 0 Å². The van der Waals surface area contributed by atoms with E-state index >= 15 is 0 Å². The molecule has 0 saturated heterocycles. The lowest BCUT2D eigenvalue weighted by molar-refractivity contribution is -0.129. The summed E-state index contributed by atoms with van der Waals surface area (Å²) < 4.78 is 18.9. The number of amides is 2. The molecule has 2 amide bonds. The van der Waals surface area contributed by atoms with Gasteiger partial charge < -0.3 is 15.8 Å². The molecule has 186 valence electrons. The summed E-state index contributed by atoms with van der Waals surface area (Å²) in [6.07, 6.45) is 14.0. The topological polar surface area (TPSA) is 97.0 Å². The van der Waals surface area contributed by atoms with Crippen LogP contribution in [-0.4, -0.2) is 40.9 Å². The Morgan fingerprint density at radius 2 is 1.94 bits per heavy atom. The van der Waals surface area contributed by atoms with Gasteiger partial charge in [-0.2, -0.15) is 0 Å². The van der Waals surface area contributed by atoms with Crippen LogP contribution < -0.4 is 15.8 Å². The maximum absolute atomic E-state index is 13.1. The van der Waals surface area contributed by atoms with Crippen LogP contribution in [0.2, 0.25) is 0 Å². The number of terminal acetylenes is 1. The number of guanidine groups is 1. The second kappa shape index (κ2) is 11.4. The van der Waals surface area contributed by atoms with E-state index in [1.165, 1.54) is 25.0 Å².